The average Bonchev–Trinajstić information content (AvgIpc) is 2.26. The Morgan fingerprint density at radius 1 is 1.47 bits per heavy atom. The molecule has 0 aliphatic rings. The minimum atomic E-state index is -0.901. The van der Waals surface area contributed by atoms with Crippen LogP contribution in [0.3, 0.4) is 0 Å². The van der Waals surface area contributed by atoms with Crippen LogP contribution in [0.4, 0.5) is 5.69 Å². The number of rotatable bonds is 4. The molecule has 1 N–H and O–H groups in total. The molecule has 0 atom stereocenters. The molecule has 0 bridgehead atoms. The predicted octanol–water partition coefficient (Wildman–Crippen LogP) is 0.730. The quantitative estimate of drug-likeness (QED) is 0.735. The predicted molar refractivity (Wildman–Crippen MR) is 65.5 cm³/mol. The van der Waals surface area contributed by atoms with Gasteiger partial charge in [0.05, 0.1) is 0 Å². The summed E-state index contributed by atoms with van der Waals surface area (Å²) in [5.74, 6) is 0. The Bertz CT molecular complexity index is 352. The molecule has 0 fully saturated rings. The van der Waals surface area contributed by atoms with E-state index in [9.17, 15) is 5.02 Å². The van der Waals surface area contributed by atoms with Gasteiger partial charge in [-0.15, -0.1) is 0 Å². The fourth-order valence-electron chi connectivity index (χ4n) is 1.43. The SMILES string of the molecule is C=Cc1ccc(N(C)C)c(B(O)OC)c1. The third-order valence-corrected chi connectivity index (χ3v) is 2.26. The summed E-state index contributed by atoms with van der Waals surface area (Å²) in [4.78, 5) is 1.93. The molecule has 80 valence electrons. The van der Waals surface area contributed by atoms with Gasteiger partial charge >= 0.3 is 7.12 Å². The maximum atomic E-state index is 9.70. The van der Waals surface area contributed by atoms with Crippen LogP contribution in [0.15, 0.2) is 24.8 Å². The molecule has 3 nitrogen and oxygen atoms in total. The molecule has 15 heavy (non-hydrogen) atoms. The summed E-state index contributed by atoms with van der Waals surface area (Å²) in [6.07, 6.45) is 1.74. The Hall–Kier alpha value is -1.26. The van der Waals surface area contributed by atoms with Gasteiger partial charge in [-0.05, 0) is 11.6 Å². The number of nitrogens with zero attached hydrogens (tertiary/aromatic N) is 1. The van der Waals surface area contributed by atoms with Crippen LogP contribution in [0, 0.1) is 0 Å². The van der Waals surface area contributed by atoms with Gasteiger partial charge in [0.25, 0.3) is 0 Å². The van der Waals surface area contributed by atoms with E-state index in [4.69, 9.17) is 4.65 Å². The van der Waals surface area contributed by atoms with Gasteiger partial charge in [0.1, 0.15) is 0 Å². The Kier molecular flexibility index (Phi) is 3.94. The summed E-state index contributed by atoms with van der Waals surface area (Å²) in [6, 6.07) is 5.76. The summed E-state index contributed by atoms with van der Waals surface area (Å²) < 4.78 is 4.92. The monoisotopic (exact) mass is 205 g/mol. The van der Waals surface area contributed by atoms with Crippen molar-refractivity contribution < 1.29 is 9.68 Å². The maximum absolute atomic E-state index is 9.70. The van der Waals surface area contributed by atoms with Crippen LogP contribution in [0.2, 0.25) is 0 Å². The summed E-state index contributed by atoms with van der Waals surface area (Å²) in [5.41, 5.74) is 2.65. The Balaban J connectivity index is 3.22. The van der Waals surface area contributed by atoms with Crippen molar-refractivity contribution >= 4 is 24.3 Å². The summed E-state index contributed by atoms with van der Waals surface area (Å²) in [7, 11) is 4.43. The number of anilines is 1. The van der Waals surface area contributed by atoms with E-state index in [0.29, 0.717) is 0 Å². The average molecular weight is 205 g/mol. The van der Waals surface area contributed by atoms with Crippen molar-refractivity contribution in [1.82, 2.24) is 0 Å². The molecule has 1 rings (SSSR count). The second-order valence-corrected chi connectivity index (χ2v) is 3.50. The van der Waals surface area contributed by atoms with E-state index in [1.807, 2.05) is 37.2 Å². The first-order chi connectivity index (χ1) is 7.10. The second-order valence-electron chi connectivity index (χ2n) is 3.50. The Morgan fingerprint density at radius 2 is 2.13 bits per heavy atom. The van der Waals surface area contributed by atoms with Crippen LogP contribution < -0.4 is 10.4 Å². The molecular formula is C11H16BNO2. The number of hydrogen-bond donors (Lipinski definition) is 1. The van der Waals surface area contributed by atoms with Gasteiger partial charge in [0.15, 0.2) is 0 Å². The van der Waals surface area contributed by atoms with E-state index in [1.165, 1.54) is 7.11 Å². The van der Waals surface area contributed by atoms with E-state index in [1.54, 1.807) is 6.08 Å². The fourth-order valence-corrected chi connectivity index (χ4v) is 1.43. The molecule has 0 radical (unpaired) electrons. The normalized spacial score (nSPS) is 9.87. The van der Waals surface area contributed by atoms with Gasteiger partial charge < -0.3 is 14.6 Å². The zero-order chi connectivity index (χ0) is 11.4. The molecule has 0 aromatic heterocycles. The second kappa shape index (κ2) is 5.00. The number of hydrogen-bond acceptors (Lipinski definition) is 3. The first-order valence-corrected chi connectivity index (χ1v) is 4.74. The van der Waals surface area contributed by atoms with Crippen LogP contribution in [0.1, 0.15) is 5.56 Å². The first kappa shape index (κ1) is 11.8. The maximum Gasteiger partial charge on any atom is 0.493 e. The lowest BCUT2D eigenvalue weighted by Crippen LogP contribution is -2.36. The zero-order valence-corrected chi connectivity index (χ0v) is 9.40. The molecular weight excluding hydrogens is 189 g/mol. The van der Waals surface area contributed by atoms with Crippen LogP contribution in [0.5, 0.6) is 0 Å². The molecule has 0 heterocycles. The first-order valence-electron chi connectivity index (χ1n) is 4.74. The van der Waals surface area contributed by atoms with Crippen LogP contribution >= 0.6 is 0 Å². The molecule has 1 aromatic rings. The lowest BCUT2D eigenvalue weighted by atomic mass is 9.77. The van der Waals surface area contributed by atoms with Crippen LogP contribution in [0.25, 0.3) is 6.08 Å². The highest BCUT2D eigenvalue weighted by Crippen LogP contribution is 2.12. The van der Waals surface area contributed by atoms with Gasteiger partial charge in [-0.3, -0.25) is 0 Å². The topological polar surface area (TPSA) is 32.7 Å². The molecule has 0 unspecified atom stereocenters. The third-order valence-electron chi connectivity index (χ3n) is 2.26. The summed E-state index contributed by atoms with van der Waals surface area (Å²) >= 11 is 0. The standard InChI is InChI=1S/C11H16BNO2/c1-5-9-6-7-11(13(2)3)10(8-9)12(14)15-4/h5-8,14H,1H2,2-4H3. The van der Waals surface area contributed by atoms with Gasteiger partial charge in [0.2, 0.25) is 0 Å². The smallest absolute Gasteiger partial charge is 0.423 e. The fraction of sp³-hybridized carbons (Fsp3) is 0.273. The Morgan fingerprint density at radius 3 is 2.60 bits per heavy atom. The van der Waals surface area contributed by atoms with E-state index < -0.39 is 7.12 Å². The van der Waals surface area contributed by atoms with Crippen molar-refractivity contribution in [1.29, 1.82) is 0 Å². The summed E-state index contributed by atoms with van der Waals surface area (Å²) in [6.45, 7) is 3.70. The van der Waals surface area contributed by atoms with Gasteiger partial charge in [-0.2, -0.15) is 0 Å². The molecule has 0 aliphatic heterocycles. The van der Waals surface area contributed by atoms with Crippen LogP contribution in [-0.4, -0.2) is 33.3 Å². The van der Waals surface area contributed by atoms with Crippen molar-refractivity contribution in [3.63, 3.8) is 0 Å². The minimum absolute atomic E-state index is 0.750. The molecule has 0 amide bonds. The largest absolute Gasteiger partial charge is 0.493 e. The van der Waals surface area contributed by atoms with Crippen molar-refractivity contribution in [2.75, 3.05) is 26.1 Å². The zero-order valence-electron chi connectivity index (χ0n) is 9.40. The Labute approximate surface area is 91.1 Å². The highest BCUT2D eigenvalue weighted by atomic mass is 16.5. The van der Waals surface area contributed by atoms with Gasteiger partial charge in [-0.25, -0.2) is 0 Å². The van der Waals surface area contributed by atoms with E-state index in [-0.39, 0.29) is 0 Å². The molecule has 0 saturated heterocycles. The van der Waals surface area contributed by atoms with Crippen molar-refractivity contribution in [3.05, 3.63) is 30.3 Å². The van der Waals surface area contributed by atoms with Gasteiger partial charge in [0, 0.05) is 32.4 Å². The van der Waals surface area contributed by atoms with E-state index in [2.05, 4.69) is 6.58 Å². The van der Waals surface area contributed by atoms with Gasteiger partial charge in [-0.1, -0.05) is 24.8 Å². The molecule has 1 aromatic carbocycles. The van der Waals surface area contributed by atoms with E-state index in [0.717, 1.165) is 16.7 Å². The lowest BCUT2D eigenvalue weighted by Gasteiger charge is -2.18. The third kappa shape index (κ3) is 2.61. The highest BCUT2D eigenvalue weighted by Gasteiger charge is 2.19. The lowest BCUT2D eigenvalue weighted by molar-refractivity contribution is 0.341. The van der Waals surface area contributed by atoms with Crippen molar-refractivity contribution in [2.45, 2.75) is 0 Å². The highest BCUT2D eigenvalue weighted by molar-refractivity contribution is 6.61. The van der Waals surface area contributed by atoms with Crippen molar-refractivity contribution in [3.8, 4) is 0 Å². The van der Waals surface area contributed by atoms with E-state index >= 15 is 0 Å². The molecule has 4 heteroatoms. The molecule has 0 saturated carbocycles. The van der Waals surface area contributed by atoms with Crippen LogP contribution in [-0.2, 0) is 4.65 Å². The molecule has 0 aliphatic carbocycles. The molecule has 0 spiro atoms. The summed E-state index contributed by atoms with van der Waals surface area (Å²) in [5, 5.41) is 9.70. The minimum Gasteiger partial charge on any atom is -0.423 e. The van der Waals surface area contributed by atoms with Crippen molar-refractivity contribution in [2.24, 2.45) is 0 Å². The number of benzene rings is 1.